The van der Waals surface area contributed by atoms with Gasteiger partial charge in [0.2, 0.25) is 0 Å². The first-order valence-corrected chi connectivity index (χ1v) is 6.88. The van der Waals surface area contributed by atoms with E-state index in [4.69, 9.17) is 0 Å². The van der Waals surface area contributed by atoms with E-state index in [1.165, 1.54) is 12.0 Å². The highest BCUT2D eigenvalue weighted by Crippen LogP contribution is 2.38. The molecule has 0 bridgehead atoms. The van der Waals surface area contributed by atoms with Crippen molar-refractivity contribution in [1.29, 1.82) is 0 Å². The molecule has 1 N–H and O–H groups in total. The molecule has 0 unspecified atom stereocenters. The Morgan fingerprint density at radius 3 is 1.61 bits per heavy atom. The number of rotatable bonds is 0. The summed E-state index contributed by atoms with van der Waals surface area (Å²) in [5.41, 5.74) is 2.35. The fraction of sp³-hybridized carbons (Fsp3) is 0.647. The van der Waals surface area contributed by atoms with Crippen LogP contribution in [0, 0.1) is 0 Å². The number of hydrogen-bond donors (Lipinski definition) is 1. The minimum Gasteiger partial charge on any atom is -0.508 e. The van der Waals surface area contributed by atoms with Gasteiger partial charge in [0.1, 0.15) is 5.75 Å². The fourth-order valence-corrected chi connectivity index (χ4v) is 1.95. The summed E-state index contributed by atoms with van der Waals surface area (Å²) in [7, 11) is 0. The molecule has 0 radical (unpaired) electrons. The van der Waals surface area contributed by atoms with Gasteiger partial charge in [-0.15, -0.1) is 0 Å². The number of phenols is 1. The molecule has 0 saturated heterocycles. The van der Waals surface area contributed by atoms with E-state index in [0.717, 1.165) is 5.56 Å². The molecule has 0 aliphatic heterocycles. The lowest BCUT2D eigenvalue weighted by atomic mass is 9.75. The monoisotopic (exact) mass is 250 g/mol. The summed E-state index contributed by atoms with van der Waals surface area (Å²) in [6.07, 6.45) is 1.25. The van der Waals surface area contributed by atoms with E-state index in [0.29, 0.717) is 5.75 Å². The van der Waals surface area contributed by atoms with Crippen LogP contribution < -0.4 is 0 Å². The van der Waals surface area contributed by atoms with E-state index >= 15 is 0 Å². The molecular formula is C17H30O. The number of aromatic hydroxyl groups is 1. The van der Waals surface area contributed by atoms with Gasteiger partial charge in [-0.1, -0.05) is 73.9 Å². The highest BCUT2D eigenvalue weighted by Gasteiger charge is 2.27. The van der Waals surface area contributed by atoms with E-state index in [1.54, 1.807) is 6.07 Å². The molecule has 104 valence electrons. The Balaban J connectivity index is 0.000000873. The molecule has 0 atom stereocenters. The first kappa shape index (κ1) is 17.0. The third kappa shape index (κ3) is 4.72. The van der Waals surface area contributed by atoms with Gasteiger partial charge >= 0.3 is 0 Å². The topological polar surface area (TPSA) is 20.2 Å². The van der Waals surface area contributed by atoms with Crippen LogP contribution in [-0.2, 0) is 10.8 Å². The minimum atomic E-state index is -0.0199. The van der Waals surface area contributed by atoms with Crippen LogP contribution in [0.5, 0.6) is 5.75 Å². The molecule has 1 rings (SSSR count). The number of phenolic OH excluding ortho intramolecular Hbond substituents is 1. The van der Waals surface area contributed by atoms with Gasteiger partial charge in [-0.3, -0.25) is 0 Å². The second-order valence-electron chi connectivity index (χ2n) is 6.91. The van der Waals surface area contributed by atoms with Crippen molar-refractivity contribution in [1.82, 2.24) is 0 Å². The third-order valence-electron chi connectivity index (χ3n) is 2.60. The summed E-state index contributed by atoms with van der Waals surface area (Å²) >= 11 is 0. The molecule has 18 heavy (non-hydrogen) atoms. The maximum atomic E-state index is 9.99. The first-order valence-electron chi connectivity index (χ1n) is 6.88. The Morgan fingerprint density at radius 2 is 1.33 bits per heavy atom. The Hall–Kier alpha value is -0.980. The van der Waals surface area contributed by atoms with Gasteiger partial charge in [0.25, 0.3) is 0 Å². The van der Waals surface area contributed by atoms with Crippen LogP contribution in [0.3, 0.4) is 0 Å². The van der Waals surface area contributed by atoms with Crippen LogP contribution >= 0.6 is 0 Å². The average molecular weight is 250 g/mol. The van der Waals surface area contributed by atoms with Crippen molar-refractivity contribution >= 4 is 0 Å². The number of hydrogen-bond acceptors (Lipinski definition) is 1. The maximum absolute atomic E-state index is 9.99. The molecular weight excluding hydrogens is 220 g/mol. The molecule has 0 aliphatic carbocycles. The largest absolute Gasteiger partial charge is 0.508 e. The molecule has 1 nitrogen and oxygen atoms in total. The predicted molar refractivity (Wildman–Crippen MR) is 81.5 cm³/mol. The third-order valence-corrected chi connectivity index (χ3v) is 2.60. The molecule has 1 aromatic carbocycles. The van der Waals surface area contributed by atoms with Gasteiger partial charge in [0.15, 0.2) is 0 Å². The summed E-state index contributed by atoms with van der Waals surface area (Å²) in [5.74, 6) is 0.412. The quantitative estimate of drug-likeness (QED) is 0.653. The van der Waals surface area contributed by atoms with Crippen molar-refractivity contribution in [2.75, 3.05) is 0 Å². The average Bonchev–Trinajstić information content (AvgIpc) is 2.15. The standard InChI is InChI=1S/C14H22O.C3H8/c1-13(2,3)10-8-7-9-11(15)12(10)14(4,5)6;1-3-2/h7-9,15H,1-6H3;3H2,1-2H3. The molecule has 0 fully saturated rings. The molecule has 0 aromatic heterocycles. The van der Waals surface area contributed by atoms with Crippen molar-refractivity contribution in [2.24, 2.45) is 0 Å². The van der Waals surface area contributed by atoms with E-state index < -0.39 is 0 Å². The molecule has 0 heterocycles. The SMILES string of the molecule is CC(C)(C)c1cccc(O)c1C(C)(C)C.CCC. The molecule has 0 saturated carbocycles. The summed E-state index contributed by atoms with van der Waals surface area (Å²) in [6.45, 7) is 17.2. The maximum Gasteiger partial charge on any atom is 0.119 e. The second kappa shape index (κ2) is 6.26. The Labute approximate surface area is 113 Å². The van der Waals surface area contributed by atoms with Crippen molar-refractivity contribution in [3.63, 3.8) is 0 Å². The smallest absolute Gasteiger partial charge is 0.119 e. The lowest BCUT2D eigenvalue weighted by Crippen LogP contribution is -2.21. The summed E-state index contributed by atoms with van der Waals surface area (Å²) in [6, 6.07) is 5.81. The zero-order valence-electron chi connectivity index (χ0n) is 13.4. The van der Waals surface area contributed by atoms with E-state index in [9.17, 15) is 5.11 Å². The molecule has 0 spiro atoms. The highest BCUT2D eigenvalue weighted by atomic mass is 16.3. The normalized spacial score (nSPS) is 11.8. The van der Waals surface area contributed by atoms with Crippen molar-refractivity contribution < 1.29 is 5.11 Å². The van der Waals surface area contributed by atoms with E-state index in [2.05, 4.69) is 61.5 Å². The van der Waals surface area contributed by atoms with E-state index in [-0.39, 0.29) is 10.8 Å². The Morgan fingerprint density at radius 1 is 0.889 bits per heavy atom. The van der Waals surface area contributed by atoms with Crippen LogP contribution in [-0.4, -0.2) is 5.11 Å². The van der Waals surface area contributed by atoms with Gasteiger partial charge in [-0.05, 0) is 22.5 Å². The lowest BCUT2D eigenvalue weighted by molar-refractivity contribution is 0.435. The fourth-order valence-electron chi connectivity index (χ4n) is 1.95. The Kier molecular flexibility index (Phi) is 5.92. The van der Waals surface area contributed by atoms with Crippen LogP contribution in [0.15, 0.2) is 18.2 Å². The second-order valence-corrected chi connectivity index (χ2v) is 6.91. The summed E-state index contributed by atoms with van der Waals surface area (Å²) in [5, 5.41) is 9.99. The molecule has 0 aliphatic rings. The molecule has 1 heteroatoms. The molecule has 1 aromatic rings. The van der Waals surface area contributed by atoms with E-state index in [1.807, 2.05) is 6.07 Å². The minimum absolute atomic E-state index is 0.0199. The van der Waals surface area contributed by atoms with Gasteiger partial charge < -0.3 is 5.11 Å². The van der Waals surface area contributed by atoms with Crippen molar-refractivity contribution in [3.8, 4) is 5.75 Å². The van der Waals surface area contributed by atoms with Crippen molar-refractivity contribution in [2.45, 2.75) is 72.6 Å². The van der Waals surface area contributed by atoms with Crippen LogP contribution in [0.4, 0.5) is 0 Å². The zero-order chi connectivity index (χ0) is 14.6. The molecule has 0 amide bonds. The van der Waals surface area contributed by atoms with Gasteiger partial charge in [-0.25, -0.2) is 0 Å². The summed E-state index contributed by atoms with van der Waals surface area (Å²) in [4.78, 5) is 0. The Bertz CT molecular complexity index is 364. The van der Waals surface area contributed by atoms with Gasteiger partial charge in [0, 0.05) is 5.56 Å². The zero-order valence-corrected chi connectivity index (χ0v) is 13.4. The predicted octanol–water partition coefficient (Wildman–Crippen LogP) is 5.40. The van der Waals surface area contributed by atoms with Crippen LogP contribution in [0.2, 0.25) is 0 Å². The lowest BCUT2D eigenvalue weighted by Gasteiger charge is -2.30. The van der Waals surface area contributed by atoms with Gasteiger partial charge in [-0.2, -0.15) is 0 Å². The van der Waals surface area contributed by atoms with Crippen LogP contribution in [0.1, 0.15) is 72.9 Å². The number of benzene rings is 1. The van der Waals surface area contributed by atoms with Crippen LogP contribution in [0.25, 0.3) is 0 Å². The van der Waals surface area contributed by atoms with Gasteiger partial charge in [0.05, 0.1) is 0 Å². The summed E-state index contributed by atoms with van der Waals surface area (Å²) < 4.78 is 0. The van der Waals surface area contributed by atoms with Crippen molar-refractivity contribution in [3.05, 3.63) is 29.3 Å². The highest BCUT2D eigenvalue weighted by molar-refractivity contribution is 5.46. The first-order chi connectivity index (χ1) is 8.05.